The Morgan fingerprint density at radius 3 is 2.39 bits per heavy atom. The summed E-state index contributed by atoms with van der Waals surface area (Å²) >= 11 is 5.92. The van der Waals surface area contributed by atoms with Gasteiger partial charge in [0.15, 0.2) is 18.2 Å². The molecule has 0 fully saturated rings. The van der Waals surface area contributed by atoms with Crippen LogP contribution in [0.25, 0.3) is 0 Å². The minimum atomic E-state index is -1.13. The van der Waals surface area contributed by atoms with Crippen LogP contribution in [0.4, 0.5) is 14.5 Å². The highest BCUT2D eigenvalue weighted by molar-refractivity contribution is 6.34. The molecule has 2 rings (SSSR count). The number of aliphatic imine (C=N–C) groups is 1. The molecular formula is C19H16ClF2N3O3. The van der Waals surface area contributed by atoms with E-state index < -0.39 is 30.0 Å². The largest absolute Gasteiger partial charge is 0.454 e. The van der Waals surface area contributed by atoms with Gasteiger partial charge in [-0.25, -0.2) is 18.6 Å². The van der Waals surface area contributed by atoms with E-state index in [-0.39, 0.29) is 33.4 Å². The Hall–Kier alpha value is -3.26. The second-order valence-corrected chi connectivity index (χ2v) is 6.04. The number of rotatable bonds is 6. The lowest BCUT2D eigenvalue weighted by Crippen LogP contribution is -2.27. The van der Waals surface area contributed by atoms with Gasteiger partial charge in [0.1, 0.15) is 11.4 Å². The second-order valence-electron chi connectivity index (χ2n) is 5.63. The van der Waals surface area contributed by atoms with Gasteiger partial charge in [-0.1, -0.05) is 23.7 Å². The number of carbonyl (C=O) groups excluding carboxylic acids is 2. The molecule has 4 N–H and O–H groups in total. The van der Waals surface area contributed by atoms with Crippen molar-refractivity contribution >= 4 is 34.9 Å². The Bertz CT molecular complexity index is 986. The van der Waals surface area contributed by atoms with Gasteiger partial charge in [-0.2, -0.15) is 0 Å². The van der Waals surface area contributed by atoms with Crippen molar-refractivity contribution in [1.82, 2.24) is 0 Å². The maximum atomic E-state index is 13.3. The number of carbonyl (C=O) groups is 2. The molecule has 0 heterocycles. The lowest BCUT2D eigenvalue weighted by Gasteiger charge is -2.10. The number of ether oxygens (including phenoxy) is 1. The summed E-state index contributed by atoms with van der Waals surface area (Å²) < 4.78 is 31.2. The van der Waals surface area contributed by atoms with Gasteiger partial charge in [0, 0.05) is 17.3 Å². The molecule has 6 nitrogen and oxygen atoms in total. The molecule has 0 spiro atoms. The molecule has 0 aliphatic heterocycles. The molecule has 0 amide bonds. The van der Waals surface area contributed by atoms with Gasteiger partial charge in [0.25, 0.3) is 0 Å². The quantitative estimate of drug-likeness (QED) is 0.251. The van der Waals surface area contributed by atoms with Crippen molar-refractivity contribution in [3.05, 3.63) is 76.0 Å². The van der Waals surface area contributed by atoms with Gasteiger partial charge < -0.3 is 16.2 Å². The van der Waals surface area contributed by atoms with E-state index >= 15 is 0 Å². The van der Waals surface area contributed by atoms with Crippen LogP contribution in [-0.2, 0) is 9.53 Å². The van der Waals surface area contributed by atoms with Crippen molar-refractivity contribution in [2.24, 2.45) is 16.5 Å². The molecular weight excluding hydrogens is 392 g/mol. The lowest BCUT2D eigenvalue weighted by molar-refractivity contribution is -0.137. The van der Waals surface area contributed by atoms with Gasteiger partial charge in [-0.15, -0.1) is 0 Å². The summed E-state index contributed by atoms with van der Waals surface area (Å²) in [7, 11) is 0. The van der Waals surface area contributed by atoms with Crippen LogP contribution >= 0.6 is 11.6 Å². The highest BCUT2D eigenvalue weighted by Gasteiger charge is 2.20. The first kappa shape index (κ1) is 21.0. The molecule has 9 heteroatoms. The topological polar surface area (TPSA) is 108 Å². The van der Waals surface area contributed by atoms with Crippen LogP contribution in [0.3, 0.4) is 0 Å². The zero-order valence-corrected chi connectivity index (χ0v) is 15.5. The fraction of sp³-hybridized carbons (Fsp3) is 0.105. The van der Waals surface area contributed by atoms with Crippen LogP contribution in [0.2, 0.25) is 5.02 Å². The molecule has 0 bridgehead atoms. The van der Waals surface area contributed by atoms with Crippen LogP contribution in [-0.4, -0.2) is 24.2 Å². The summed E-state index contributed by atoms with van der Waals surface area (Å²) in [4.78, 5) is 28.3. The van der Waals surface area contributed by atoms with E-state index in [1.54, 1.807) is 12.1 Å². The highest BCUT2D eigenvalue weighted by Crippen LogP contribution is 2.18. The van der Waals surface area contributed by atoms with Gasteiger partial charge >= 0.3 is 5.97 Å². The van der Waals surface area contributed by atoms with Crippen molar-refractivity contribution < 1.29 is 23.1 Å². The number of allylic oxidation sites excluding steroid dienone is 1. The van der Waals surface area contributed by atoms with E-state index in [2.05, 4.69) is 4.99 Å². The predicted molar refractivity (Wildman–Crippen MR) is 101 cm³/mol. The molecule has 28 heavy (non-hydrogen) atoms. The maximum Gasteiger partial charge on any atom is 0.344 e. The number of hydrogen-bond donors (Lipinski definition) is 2. The normalized spacial score (nSPS) is 12.4. The van der Waals surface area contributed by atoms with E-state index in [0.717, 1.165) is 12.1 Å². The zero-order valence-electron chi connectivity index (χ0n) is 14.7. The Morgan fingerprint density at radius 1 is 1.11 bits per heavy atom. The molecule has 0 aromatic heterocycles. The molecule has 0 unspecified atom stereocenters. The minimum absolute atomic E-state index is 0.0287. The highest BCUT2D eigenvalue weighted by atomic mass is 35.5. The van der Waals surface area contributed by atoms with E-state index in [1.807, 2.05) is 0 Å². The van der Waals surface area contributed by atoms with Crippen molar-refractivity contribution in [2.75, 3.05) is 6.61 Å². The van der Waals surface area contributed by atoms with Crippen LogP contribution in [0.1, 0.15) is 17.3 Å². The molecule has 0 saturated carbocycles. The van der Waals surface area contributed by atoms with Crippen molar-refractivity contribution in [3.63, 3.8) is 0 Å². The van der Waals surface area contributed by atoms with Crippen LogP contribution in [0.15, 0.2) is 58.7 Å². The standard InChI is InChI=1S/C19H16ClF2N3O3/c1-10(23)17(18(24)25-11-6-7-14(21)15(22)8-11)19(27)28-9-16(26)12-4-2-3-5-13(12)20/h2-8H,9,23H2,1H3,(H2,24,25)/b17-10+. The summed E-state index contributed by atoms with van der Waals surface area (Å²) in [6.07, 6.45) is 0. The number of nitrogens with zero attached hydrogens (tertiary/aromatic N) is 1. The number of Topliss-reactive ketones (excluding diaryl/α,β-unsaturated/α-hetero) is 1. The molecule has 0 saturated heterocycles. The molecule has 0 aliphatic rings. The summed E-state index contributed by atoms with van der Waals surface area (Å²) in [5, 5.41) is 0.216. The predicted octanol–water partition coefficient (Wildman–Crippen LogP) is 3.27. The number of esters is 1. The van der Waals surface area contributed by atoms with Crippen LogP contribution in [0, 0.1) is 11.6 Å². The number of ketones is 1. The van der Waals surface area contributed by atoms with Crippen LogP contribution < -0.4 is 11.5 Å². The minimum Gasteiger partial charge on any atom is -0.454 e. The smallest absolute Gasteiger partial charge is 0.344 e. The van der Waals surface area contributed by atoms with E-state index in [0.29, 0.717) is 0 Å². The Balaban J connectivity index is 2.17. The van der Waals surface area contributed by atoms with E-state index in [4.69, 9.17) is 27.8 Å². The monoisotopic (exact) mass is 407 g/mol. The van der Waals surface area contributed by atoms with Gasteiger partial charge in [0.05, 0.1) is 10.7 Å². The summed E-state index contributed by atoms with van der Waals surface area (Å²) in [5.74, 6) is -4.08. The third-order valence-corrected chi connectivity index (χ3v) is 3.85. The first-order valence-corrected chi connectivity index (χ1v) is 8.29. The number of halogens is 3. The second kappa shape index (κ2) is 9.09. The summed E-state index contributed by atoms with van der Waals surface area (Å²) in [6, 6.07) is 9.11. The van der Waals surface area contributed by atoms with E-state index in [9.17, 15) is 18.4 Å². The Morgan fingerprint density at radius 2 is 1.79 bits per heavy atom. The van der Waals surface area contributed by atoms with Crippen LogP contribution in [0.5, 0.6) is 0 Å². The third kappa shape index (κ3) is 5.14. The van der Waals surface area contributed by atoms with Crippen molar-refractivity contribution in [3.8, 4) is 0 Å². The maximum absolute atomic E-state index is 13.3. The first-order chi connectivity index (χ1) is 13.2. The van der Waals surface area contributed by atoms with Crippen molar-refractivity contribution in [1.29, 1.82) is 0 Å². The Labute approximate surface area is 164 Å². The first-order valence-electron chi connectivity index (χ1n) is 7.91. The fourth-order valence-electron chi connectivity index (χ4n) is 2.19. The molecule has 0 atom stereocenters. The molecule has 0 radical (unpaired) electrons. The zero-order chi connectivity index (χ0) is 20.8. The van der Waals surface area contributed by atoms with Gasteiger partial charge in [0.2, 0.25) is 5.78 Å². The SMILES string of the molecule is C/C(N)=C(\C(=O)OCC(=O)c1ccccc1Cl)C(N)=Nc1ccc(F)c(F)c1. The molecule has 2 aromatic rings. The number of amidine groups is 1. The average molecular weight is 408 g/mol. The summed E-state index contributed by atoms with van der Waals surface area (Å²) in [5.41, 5.74) is 11.3. The molecule has 0 aliphatic carbocycles. The third-order valence-electron chi connectivity index (χ3n) is 3.52. The van der Waals surface area contributed by atoms with Gasteiger partial charge in [-0.3, -0.25) is 4.79 Å². The average Bonchev–Trinajstić information content (AvgIpc) is 2.63. The molecule has 2 aromatic carbocycles. The number of hydrogen-bond acceptors (Lipinski definition) is 5. The summed E-state index contributed by atoms with van der Waals surface area (Å²) in [6.45, 7) is 0.776. The number of nitrogens with two attached hydrogens (primary N) is 2. The fourth-order valence-corrected chi connectivity index (χ4v) is 2.43. The van der Waals surface area contributed by atoms with Crippen molar-refractivity contribution in [2.45, 2.75) is 6.92 Å². The van der Waals surface area contributed by atoms with Gasteiger partial charge in [-0.05, 0) is 31.2 Å². The van der Waals surface area contributed by atoms with E-state index in [1.165, 1.54) is 25.1 Å². The Kier molecular flexibility index (Phi) is 6.84. The molecule has 146 valence electrons. The lowest BCUT2D eigenvalue weighted by atomic mass is 10.1. The number of benzene rings is 2.